The molecule has 4 rings (SSSR count). The predicted molar refractivity (Wildman–Crippen MR) is 98.5 cm³/mol. The van der Waals surface area contributed by atoms with Gasteiger partial charge < -0.3 is 14.5 Å². The Bertz CT molecular complexity index is 882. The maximum absolute atomic E-state index is 12.6. The molecule has 2 aliphatic rings. The average Bonchev–Trinajstić information content (AvgIpc) is 3.05. The molecule has 1 unspecified atom stereocenters. The van der Waals surface area contributed by atoms with Crippen molar-refractivity contribution in [2.24, 2.45) is 4.99 Å². The molecule has 2 saturated heterocycles. The fourth-order valence-corrected chi connectivity index (χ4v) is 3.26. The van der Waals surface area contributed by atoms with Gasteiger partial charge in [0.15, 0.2) is 0 Å². The Balaban J connectivity index is 1.46. The second kappa shape index (κ2) is 7.06. The summed E-state index contributed by atoms with van der Waals surface area (Å²) in [6.45, 7) is 1.83. The molecule has 1 amide bonds. The summed E-state index contributed by atoms with van der Waals surface area (Å²) >= 11 is 0. The standard InChI is InChI=1S/C19H18N4O4/c24-18-12-22-17(11-21(18)10-14-4-2-1-3-5-14)13-27-19(22)20-15-6-8-16(9-7-15)23(25)26/h1-9,17H,10-13H2. The van der Waals surface area contributed by atoms with Gasteiger partial charge in [0.1, 0.15) is 13.2 Å². The van der Waals surface area contributed by atoms with E-state index in [4.69, 9.17) is 4.74 Å². The highest BCUT2D eigenvalue weighted by atomic mass is 16.6. The lowest BCUT2D eigenvalue weighted by atomic mass is 10.1. The lowest BCUT2D eigenvalue weighted by Gasteiger charge is -2.36. The van der Waals surface area contributed by atoms with Crippen LogP contribution in [0.4, 0.5) is 11.4 Å². The Morgan fingerprint density at radius 1 is 1.15 bits per heavy atom. The minimum Gasteiger partial charge on any atom is -0.463 e. The first-order valence-electron chi connectivity index (χ1n) is 8.64. The molecule has 2 aliphatic heterocycles. The smallest absolute Gasteiger partial charge is 0.293 e. The van der Waals surface area contributed by atoms with E-state index in [2.05, 4.69) is 4.99 Å². The summed E-state index contributed by atoms with van der Waals surface area (Å²) < 4.78 is 5.69. The molecule has 27 heavy (non-hydrogen) atoms. The molecule has 2 heterocycles. The fourth-order valence-electron chi connectivity index (χ4n) is 3.26. The highest BCUT2D eigenvalue weighted by molar-refractivity contribution is 5.87. The molecule has 1 atom stereocenters. The summed E-state index contributed by atoms with van der Waals surface area (Å²) in [5, 5.41) is 10.7. The second-order valence-corrected chi connectivity index (χ2v) is 6.52. The van der Waals surface area contributed by atoms with Crippen LogP contribution in [0.1, 0.15) is 5.56 Å². The molecule has 8 nitrogen and oxygen atoms in total. The zero-order valence-electron chi connectivity index (χ0n) is 14.5. The largest absolute Gasteiger partial charge is 0.463 e. The molecular formula is C19H18N4O4. The second-order valence-electron chi connectivity index (χ2n) is 6.52. The van der Waals surface area contributed by atoms with Crippen molar-refractivity contribution in [1.82, 2.24) is 9.80 Å². The first kappa shape index (κ1) is 17.0. The normalized spacial score (nSPS) is 20.5. The third kappa shape index (κ3) is 3.59. The van der Waals surface area contributed by atoms with Crippen LogP contribution in [-0.4, -0.2) is 52.4 Å². The average molecular weight is 366 g/mol. The van der Waals surface area contributed by atoms with Crippen molar-refractivity contribution >= 4 is 23.3 Å². The van der Waals surface area contributed by atoms with Gasteiger partial charge in [0.05, 0.1) is 16.7 Å². The highest BCUT2D eigenvalue weighted by Crippen LogP contribution is 2.24. The van der Waals surface area contributed by atoms with Crippen molar-refractivity contribution in [2.75, 3.05) is 19.7 Å². The number of carbonyl (C=O) groups is 1. The van der Waals surface area contributed by atoms with E-state index in [1.165, 1.54) is 12.1 Å². The van der Waals surface area contributed by atoms with Crippen LogP contribution in [0.2, 0.25) is 0 Å². The summed E-state index contributed by atoms with van der Waals surface area (Å²) in [6.07, 6.45) is 0. The highest BCUT2D eigenvalue weighted by Gasteiger charge is 2.39. The van der Waals surface area contributed by atoms with Gasteiger partial charge in [-0.05, 0) is 17.7 Å². The maximum atomic E-state index is 12.6. The predicted octanol–water partition coefficient (Wildman–Crippen LogP) is 2.33. The molecule has 0 aromatic heterocycles. The molecule has 0 spiro atoms. The van der Waals surface area contributed by atoms with Crippen LogP contribution >= 0.6 is 0 Å². The van der Waals surface area contributed by atoms with Crippen molar-refractivity contribution in [3.05, 3.63) is 70.3 Å². The minimum atomic E-state index is -0.455. The number of hydrogen-bond donors (Lipinski definition) is 0. The SMILES string of the molecule is O=C1CN2C(=Nc3ccc([N+](=O)[O-])cc3)OCC2CN1Cc1ccccc1. The summed E-state index contributed by atoms with van der Waals surface area (Å²) in [4.78, 5) is 31.0. The maximum Gasteiger partial charge on any atom is 0.293 e. The number of nitrogens with zero attached hydrogens (tertiary/aromatic N) is 4. The van der Waals surface area contributed by atoms with E-state index in [0.717, 1.165) is 5.56 Å². The van der Waals surface area contributed by atoms with E-state index >= 15 is 0 Å². The lowest BCUT2D eigenvalue weighted by Crippen LogP contribution is -2.55. The summed E-state index contributed by atoms with van der Waals surface area (Å²) in [5.74, 6) is 0.0250. The van der Waals surface area contributed by atoms with Crippen LogP contribution in [0, 0.1) is 10.1 Å². The van der Waals surface area contributed by atoms with Gasteiger partial charge >= 0.3 is 0 Å². The van der Waals surface area contributed by atoms with Gasteiger partial charge in [-0.25, -0.2) is 0 Å². The molecular weight excluding hydrogens is 348 g/mol. The third-order valence-corrected chi connectivity index (χ3v) is 4.68. The van der Waals surface area contributed by atoms with E-state index in [-0.39, 0.29) is 24.2 Å². The van der Waals surface area contributed by atoms with Crippen molar-refractivity contribution in [3.63, 3.8) is 0 Å². The number of rotatable bonds is 4. The number of amides is 1. The van der Waals surface area contributed by atoms with Crippen LogP contribution < -0.4 is 0 Å². The van der Waals surface area contributed by atoms with Gasteiger partial charge in [-0.2, -0.15) is 4.99 Å². The number of aliphatic imine (C=N–C) groups is 1. The zero-order valence-corrected chi connectivity index (χ0v) is 14.5. The summed E-state index contributed by atoms with van der Waals surface area (Å²) in [6, 6.07) is 16.3. The number of nitro groups is 1. The Morgan fingerprint density at radius 2 is 1.89 bits per heavy atom. The number of non-ortho nitro benzene ring substituents is 1. The van der Waals surface area contributed by atoms with Gasteiger partial charge in [-0.15, -0.1) is 0 Å². The monoisotopic (exact) mass is 366 g/mol. The Labute approximate surface area is 155 Å². The zero-order chi connectivity index (χ0) is 18.8. The third-order valence-electron chi connectivity index (χ3n) is 4.68. The first-order valence-corrected chi connectivity index (χ1v) is 8.64. The minimum absolute atomic E-state index is 0.00821. The number of carbonyl (C=O) groups excluding carboxylic acids is 1. The van der Waals surface area contributed by atoms with E-state index in [9.17, 15) is 14.9 Å². The lowest BCUT2D eigenvalue weighted by molar-refractivity contribution is -0.384. The van der Waals surface area contributed by atoms with E-state index in [1.54, 1.807) is 12.1 Å². The van der Waals surface area contributed by atoms with E-state index in [0.29, 0.717) is 31.4 Å². The van der Waals surface area contributed by atoms with Gasteiger partial charge in [-0.3, -0.25) is 14.9 Å². The molecule has 2 aromatic rings. The van der Waals surface area contributed by atoms with Crippen molar-refractivity contribution in [3.8, 4) is 0 Å². The van der Waals surface area contributed by atoms with Crippen molar-refractivity contribution in [1.29, 1.82) is 0 Å². The number of nitro benzene ring substituents is 1. The van der Waals surface area contributed by atoms with Crippen molar-refractivity contribution in [2.45, 2.75) is 12.6 Å². The molecule has 138 valence electrons. The number of piperazine rings is 1. The van der Waals surface area contributed by atoms with E-state index in [1.807, 2.05) is 40.1 Å². The molecule has 2 aromatic carbocycles. The Kier molecular flexibility index (Phi) is 4.45. The number of ether oxygens (including phenoxy) is 1. The van der Waals surface area contributed by atoms with Crippen LogP contribution in [0.5, 0.6) is 0 Å². The quantitative estimate of drug-likeness (QED) is 0.612. The van der Waals surface area contributed by atoms with Crippen LogP contribution in [0.3, 0.4) is 0 Å². The van der Waals surface area contributed by atoms with Crippen LogP contribution in [0.25, 0.3) is 0 Å². The van der Waals surface area contributed by atoms with Crippen molar-refractivity contribution < 1.29 is 14.5 Å². The summed E-state index contributed by atoms with van der Waals surface area (Å²) in [5.41, 5.74) is 1.65. The Morgan fingerprint density at radius 3 is 2.59 bits per heavy atom. The molecule has 8 heteroatoms. The number of hydrogen-bond acceptors (Lipinski definition) is 5. The molecule has 0 bridgehead atoms. The number of fused-ring (bicyclic) bond motifs is 1. The van der Waals surface area contributed by atoms with Crippen LogP contribution in [0.15, 0.2) is 59.6 Å². The fraction of sp³-hybridized carbons (Fsp3) is 0.263. The molecule has 0 radical (unpaired) electrons. The van der Waals surface area contributed by atoms with Gasteiger partial charge in [0.2, 0.25) is 5.91 Å². The molecule has 0 N–H and O–H groups in total. The molecule has 0 aliphatic carbocycles. The Hall–Kier alpha value is -3.42. The van der Waals surface area contributed by atoms with Gasteiger partial charge in [0.25, 0.3) is 11.7 Å². The van der Waals surface area contributed by atoms with Gasteiger partial charge in [0, 0.05) is 25.2 Å². The molecule has 2 fully saturated rings. The number of amidine groups is 1. The van der Waals surface area contributed by atoms with E-state index < -0.39 is 4.92 Å². The first-order chi connectivity index (χ1) is 13.1. The topological polar surface area (TPSA) is 88.3 Å². The molecule has 0 saturated carbocycles. The number of benzene rings is 2. The summed E-state index contributed by atoms with van der Waals surface area (Å²) in [7, 11) is 0. The van der Waals surface area contributed by atoms with Gasteiger partial charge in [-0.1, -0.05) is 30.3 Å². The van der Waals surface area contributed by atoms with Crippen LogP contribution in [-0.2, 0) is 16.1 Å².